The number of nitrogens with zero attached hydrogens (tertiary/aromatic N) is 1. The monoisotopic (exact) mass is 501 g/mol. The minimum atomic E-state index is -1.31. The van der Waals surface area contributed by atoms with E-state index in [1.54, 1.807) is 24.3 Å². The van der Waals surface area contributed by atoms with E-state index >= 15 is 4.39 Å². The van der Waals surface area contributed by atoms with Crippen molar-refractivity contribution in [2.75, 3.05) is 19.1 Å². The minimum absolute atomic E-state index is 0.00628. The van der Waals surface area contributed by atoms with Gasteiger partial charge in [0.1, 0.15) is 28.6 Å². The van der Waals surface area contributed by atoms with Crippen LogP contribution in [0, 0.1) is 5.82 Å². The number of aliphatic hydroxyl groups is 1. The van der Waals surface area contributed by atoms with Crippen LogP contribution in [0.1, 0.15) is 17.2 Å². The van der Waals surface area contributed by atoms with Crippen LogP contribution >= 0.6 is 23.2 Å². The topological polar surface area (TPSA) is 76.1 Å². The van der Waals surface area contributed by atoms with Crippen LogP contribution in [0.2, 0.25) is 10.0 Å². The number of ether oxygens (including phenoxy) is 2. The molecule has 0 radical (unpaired) electrons. The number of Topliss-reactive ketones (excluding diaryl/α,β-unsaturated/α-hetero) is 1. The smallest absolute Gasteiger partial charge is 0.300 e. The molecule has 0 aliphatic carbocycles. The van der Waals surface area contributed by atoms with Gasteiger partial charge in [-0.3, -0.25) is 14.5 Å². The van der Waals surface area contributed by atoms with Crippen LogP contribution in [0.3, 0.4) is 0 Å². The summed E-state index contributed by atoms with van der Waals surface area (Å²) in [6.45, 7) is 0. The van der Waals surface area contributed by atoms with Gasteiger partial charge < -0.3 is 14.6 Å². The molecule has 0 bridgehead atoms. The number of halogens is 3. The Morgan fingerprint density at radius 1 is 0.941 bits per heavy atom. The van der Waals surface area contributed by atoms with Crippen molar-refractivity contribution in [1.29, 1.82) is 0 Å². The average molecular weight is 502 g/mol. The highest BCUT2D eigenvalue weighted by Gasteiger charge is 2.48. The number of amides is 1. The van der Waals surface area contributed by atoms with Gasteiger partial charge in [0.15, 0.2) is 0 Å². The summed E-state index contributed by atoms with van der Waals surface area (Å²) in [6.07, 6.45) is 0. The van der Waals surface area contributed by atoms with Crippen molar-refractivity contribution < 1.29 is 28.6 Å². The molecule has 9 heteroatoms. The van der Waals surface area contributed by atoms with Crippen molar-refractivity contribution in [3.05, 3.63) is 93.2 Å². The predicted octanol–water partition coefficient (Wildman–Crippen LogP) is 5.78. The number of methoxy groups -OCH3 is 2. The van der Waals surface area contributed by atoms with Gasteiger partial charge in [0.05, 0.1) is 25.8 Å². The summed E-state index contributed by atoms with van der Waals surface area (Å²) in [5.74, 6) is -2.86. The number of hydrogen-bond acceptors (Lipinski definition) is 5. The minimum Gasteiger partial charge on any atom is -0.506 e. The highest BCUT2D eigenvalue weighted by Crippen LogP contribution is 2.46. The van der Waals surface area contributed by atoms with Crippen LogP contribution in [-0.4, -0.2) is 31.0 Å². The molecule has 1 aliphatic rings. The van der Waals surface area contributed by atoms with Gasteiger partial charge in [0, 0.05) is 21.3 Å². The zero-order chi connectivity index (χ0) is 24.6. The van der Waals surface area contributed by atoms with E-state index < -0.39 is 29.3 Å². The Balaban J connectivity index is 2.05. The second-order valence-corrected chi connectivity index (χ2v) is 8.23. The first-order valence-electron chi connectivity index (χ1n) is 10.0. The Labute approximate surface area is 204 Å². The molecule has 0 saturated carbocycles. The predicted molar refractivity (Wildman–Crippen MR) is 127 cm³/mol. The molecule has 0 spiro atoms. The number of aliphatic hydroxyl groups excluding tert-OH is 1. The summed E-state index contributed by atoms with van der Waals surface area (Å²) in [7, 11) is 2.76. The van der Waals surface area contributed by atoms with Gasteiger partial charge >= 0.3 is 0 Å². The summed E-state index contributed by atoms with van der Waals surface area (Å²) < 4.78 is 25.7. The number of carbonyl (C=O) groups is 2. The maximum Gasteiger partial charge on any atom is 0.300 e. The van der Waals surface area contributed by atoms with Crippen molar-refractivity contribution in [2.24, 2.45) is 0 Å². The molecule has 4 rings (SSSR count). The van der Waals surface area contributed by atoms with E-state index in [-0.39, 0.29) is 43.9 Å². The molecule has 1 heterocycles. The highest BCUT2D eigenvalue weighted by atomic mass is 35.5. The Bertz CT molecular complexity index is 1300. The molecule has 1 aliphatic heterocycles. The zero-order valence-corrected chi connectivity index (χ0v) is 19.5. The second-order valence-electron chi connectivity index (χ2n) is 7.36. The molecule has 0 aromatic heterocycles. The lowest BCUT2D eigenvalue weighted by Gasteiger charge is -2.26. The number of hydrogen-bond donors (Lipinski definition) is 1. The lowest BCUT2D eigenvalue weighted by molar-refractivity contribution is -0.132. The molecule has 3 aromatic carbocycles. The van der Waals surface area contributed by atoms with Gasteiger partial charge in [0.2, 0.25) is 0 Å². The van der Waals surface area contributed by atoms with E-state index in [1.807, 2.05) is 0 Å². The number of benzene rings is 3. The van der Waals surface area contributed by atoms with E-state index in [2.05, 4.69) is 0 Å². The summed E-state index contributed by atoms with van der Waals surface area (Å²) in [5, 5.41) is 11.8. The summed E-state index contributed by atoms with van der Waals surface area (Å²) in [6, 6.07) is 13.4. The molecule has 1 N–H and O–H groups in total. The van der Waals surface area contributed by atoms with Crippen LogP contribution in [0.5, 0.6) is 11.5 Å². The summed E-state index contributed by atoms with van der Waals surface area (Å²) in [4.78, 5) is 27.6. The first-order chi connectivity index (χ1) is 16.3. The standard InChI is InChI=1S/C25H18Cl2FNO5/c1-33-18-8-5-9-19(34-2)20(18)23(30)21-22(16-6-3-4-7-17(16)28)29(25(32)24(21)31)15-11-13(26)10-14(27)12-15/h3-12,22,30H,1-2H3/b23-21+. The fourth-order valence-corrected chi connectivity index (χ4v) is 4.50. The van der Waals surface area contributed by atoms with Crippen LogP contribution in [-0.2, 0) is 9.59 Å². The third-order valence-corrected chi connectivity index (χ3v) is 5.87. The molecule has 34 heavy (non-hydrogen) atoms. The van der Waals surface area contributed by atoms with E-state index in [4.69, 9.17) is 32.7 Å². The number of carbonyl (C=O) groups excluding carboxylic acids is 2. The Hall–Kier alpha value is -3.55. The average Bonchev–Trinajstić information content (AvgIpc) is 3.08. The largest absolute Gasteiger partial charge is 0.506 e. The van der Waals surface area contributed by atoms with Crippen molar-refractivity contribution in [1.82, 2.24) is 0 Å². The van der Waals surface area contributed by atoms with E-state index in [1.165, 1.54) is 50.6 Å². The van der Waals surface area contributed by atoms with E-state index in [0.29, 0.717) is 0 Å². The van der Waals surface area contributed by atoms with Crippen molar-refractivity contribution in [3.63, 3.8) is 0 Å². The lowest BCUT2D eigenvalue weighted by Crippen LogP contribution is -2.29. The Kier molecular flexibility index (Phi) is 6.50. The van der Waals surface area contributed by atoms with E-state index in [0.717, 1.165) is 4.90 Å². The number of rotatable bonds is 5. The highest BCUT2D eigenvalue weighted by molar-refractivity contribution is 6.52. The molecular weight excluding hydrogens is 484 g/mol. The number of anilines is 1. The van der Waals surface area contributed by atoms with Gasteiger partial charge in [-0.2, -0.15) is 0 Å². The summed E-state index contributed by atoms with van der Waals surface area (Å²) >= 11 is 12.3. The van der Waals surface area contributed by atoms with Crippen LogP contribution in [0.15, 0.2) is 66.2 Å². The molecule has 1 atom stereocenters. The normalized spacial score (nSPS) is 17.2. The molecular formula is C25H18Cl2FNO5. The fraction of sp³-hybridized carbons (Fsp3) is 0.120. The van der Waals surface area contributed by atoms with Crippen molar-refractivity contribution in [3.8, 4) is 11.5 Å². The first-order valence-corrected chi connectivity index (χ1v) is 10.8. The third kappa shape index (κ3) is 3.97. The maximum absolute atomic E-state index is 15.0. The van der Waals surface area contributed by atoms with Crippen LogP contribution < -0.4 is 14.4 Å². The third-order valence-electron chi connectivity index (χ3n) is 5.43. The maximum atomic E-state index is 15.0. The van der Waals surface area contributed by atoms with E-state index in [9.17, 15) is 14.7 Å². The second kappa shape index (κ2) is 9.37. The quantitative estimate of drug-likeness (QED) is 0.272. The van der Waals surface area contributed by atoms with Crippen molar-refractivity contribution >= 4 is 46.3 Å². The molecule has 1 fully saturated rings. The molecule has 3 aromatic rings. The van der Waals surface area contributed by atoms with Crippen molar-refractivity contribution in [2.45, 2.75) is 6.04 Å². The van der Waals surface area contributed by atoms with Gasteiger partial charge in [-0.25, -0.2) is 4.39 Å². The van der Waals surface area contributed by atoms with Gasteiger partial charge in [0.25, 0.3) is 11.7 Å². The SMILES string of the molecule is COc1cccc(OC)c1/C(O)=C1\C(=O)C(=O)N(c2cc(Cl)cc(Cl)c2)C1c1ccccc1F. The number of ketones is 1. The molecule has 1 saturated heterocycles. The van der Waals surface area contributed by atoms with Gasteiger partial charge in [-0.05, 0) is 36.4 Å². The molecule has 174 valence electrons. The molecule has 6 nitrogen and oxygen atoms in total. The first kappa shape index (κ1) is 23.6. The fourth-order valence-electron chi connectivity index (χ4n) is 3.99. The zero-order valence-electron chi connectivity index (χ0n) is 18.0. The van der Waals surface area contributed by atoms with Crippen LogP contribution in [0.25, 0.3) is 5.76 Å². The van der Waals surface area contributed by atoms with Crippen LogP contribution in [0.4, 0.5) is 10.1 Å². The summed E-state index contributed by atoms with van der Waals surface area (Å²) in [5.41, 5.74) is -0.128. The molecule has 1 unspecified atom stereocenters. The lowest BCUT2D eigenvalue weighted by atomic mass is 9.94. The Morgan fingerprint density at radius 3 is 2.09 bits per heavy atom. The molecule has 1 amide bonds. The Morgan fingerprint density at radius 2 is 1.53 bits per heavy atom. The van der Waals surface area contributed by atoms with Gasteiger partial charge in [-0.1, -0.05) is 47.5 Å². The van der Waals surface area contributed by atoms with Gasteiger partial charge in [-0.15, -0.1) is 0 Å².